The number of fused-ring (bicyclic) bond motifs is 1. The van der Waals surface area contributed by atoms with Crippen LogP contribution in [0.15, 0.2) is 35.8 Å². The summed E-state index contributed by atoms with van der Waals surface area (Å²) >= 11 is 1.92. The van der Waals surface area contributed by atoms with Gasteiger partial charge in [0.15, 0.2) is 0 Å². The Morgan fingerprint density at radius 2 is 2.13 bits per heavy atom. The summed E-state index contributed by atoms with van der Waals surface area (Å²) in [6, 6.07) is 9.28. The van der Waals surface area contributed by atoms with Crippen LogP contribution in [0.5, 0.6) is 0 Å². The van der Waals surface area contributed by atoms with Gasteiger partial charge in [0.25, 0.3) is 0 Å². The average molecular weight is 426 g/mol. The molecule has 2 aliphatic heterocycles. The number of hydrogen-bond donors (Lipinski definition) is 1. The summed E-state index contributed by atoms with van der Waals surface area (Å²) in [5.41, 5.74) is 3.06. The lowest BCUT2D eigenvalue weighted by Gasteiger charge is -2.46. The summed E-state index contributed by atoms with van der Waals surface area (Å²) in [6.07, 6.45) is 11.6. The molecule has 5 rings (SSSR count). The first-order valence-corrected chi connectivity index (χ1v) is 12.6. The molecule has 1 saturated heterocycles. The third kappa shape index (κ3) is 3.97. The number of rotatable bonds is 6. The SMILES string of the molecule is CN1CCc2sccc2C1CNCC[C@@]1(c2ccccn2)CCOC2(CCCC2)C1. The Morgan fingerprint density at radius 1 is 1.23 bits per heavy atom. The third-order valence-corrected chi connectivity index (χ3v) is 8.85. The van der Waals surface area contributed by atoms with Crippen LogP contribution in [-0.2, 0) is 16.6 Å². The molecule has 162 valence electrons. The summed E-state index contributed by atoms with van der Waals surface area (Å²) in [4.78, 5) is 8.94. The molecule has 5 heteroatoms. The van der Waals surface area contributed by atoms with Crippen LogP contribution in [0.4, 0.5) is 0 Å². The summed E-state index contributed by atoms with van der Waals surface area (Å²) < 4.78 is 6.40. The highest BCUT2D eigenvalue weighted by molar-refractivity contribution is 7.10. The van der Waals surface area contributed by atoms with E-state index in [4.69, 9.17) is 9.72 Å². The van der Waals surface area contributed by atoms with Crippen molar-refractivity contribution in [3.63, 3.8) is 0 Å². The smallest absolute Gasteiger partial charge is 0.0691 e. The third-order valence-electron chi connectivity index (χ3n) is 7.85. The van der Waals surface area contributed by atoms with Gasteiger partial charge in [0.05, 0.1) is 5.60 Å². The van der Waals surface area contributed by atoms with E-state index in [0.717, 1.165) is 45.5 Å². The Labute approximate surface area is 185 Å². The van der Waals surface area contributed by atoms with Crippen LogP contribution in [0, 0.1) is 0 Å². The van der Waals surface area contributed by atoms with Gasteiger partial charge >= 0.3 is 0 Å². The molecule has 1 N–H and O–H groups in total. The van der Waals surface area contributed by atoms with Gasteiger partial charge in [0, 0.05) is 47.9 Å². The number of pyridine rings is 1. The molecule has 1 saturated carbocycles. The fourth-order valence-corrected chi connectivity index (χ4v) is 7.08. The van der Waals surface area contributed by atoms with Crippen LogP contribution in [0.2, 0.25) is 0 Å². The maximum Gasteiger partial charge on any atom is 0.0691 e. The lowest BCUT2D eigenvalue weighted by Crippen LogP contribution is -2.48. The molecule has 0 amide bonds. The van der Waals surface area contributed by atoms with E-state index < -0.39 is 0 Å². The molecule has 2 atom stereocenters. The van der Waals surface area contributed by atoms with Crippen LogP contribution in [0.1, 0.15) is 67.1 Å². The van der Waals surface area contributed by atoms with Gasteiger partial charge in [0.2, 0.25) is 0 Å². The van der Waals surface area contributed by atoms with Gasteiger partial charge in [-0.25, -0.2) is 0 Å². The van der Waals surface area contributed by atoms with Crippen molar-refractivity contribution in [2.75, 3.05) is 33.3 Å². The van der Waals surface area contributed by atoms with E-state index in [9.17, 15) is 0 Å². The Hall–Kier alpha value is -1.27. The van der Waals surface area contributed by atoms with Crippen molar-refractivity contribution >= 4 is 11.3 Å². The van der Waals surface area contributed by atoms with Gasteiger partial charge in [-0.2, -0.15) is 0 Å². The highest BCUT2D eigenvalue weighted by Gasteiger charge is 2.48. The molecule has 3 aliphatic rings. The van der Waals surface area contributed by atoms with Crippen molar-refractivity contribution in [3.05, 3.63) is 52.0 Å². The zero-order chi connectivity index (χ0) is 20.4. The van der Waals surface area contributed by atoms with Crippen molar-refractivity contribution < 1.29 is 4.74 Å². The lowest BCUT2D eigenvalue weighted by atomic mass is 9.68. The highest BCUT2D eigenvalue weighted by Crippen LogP contribution is 2.49. The molecule has 1 aliphatic carbocycles. The van der Waals surface area contributed by atoms with Gasteiger partial charge in [-0.15, -0.1) is 11.3 Å². The summed E-state index contributed by atoms with van der Waals surface area (Å²) in [5, 5.41) is 6.09. The molecular formula is C25H35N3OS. The minimum Gasteiger partial charge on any atom is -0.375 e. The molecular weight excluding hydrogens is 390 g/mol. The number of aromatic nitrogens is 1. The Morgan fingerprint density at radius 3 is 2.97 bits per heavy atom. The van der Waals surface area contributed by atoms with Crippen molar-refractivity contribution in [1.29, 1.82) is 0 Å². The molecule has 2 aromatic rings. The van der Waals surface area contributed by atoms with E-state index in [1.807, 2.05) is 23.6 Å². The number of hydrogen-bond acceptors (Lipinski definition) is 5. The van der Waals surface area contributed by atoms with Crippen LogP contribution < -0.4 is 5.32 Å². The Bertz CT molecular complexity index is 832. The molecule has 0 aromatic carbocycles. The largest absolute Gasteiger partial charge is 0.375 e. The monoisotopic (exact) mass is 425 g/mol. The van der Waals surface area contributed by atoms with Crippen molar-refractivity contribution in [2.45, 2.75) is 68.4 Å². The topological polar surface area (TPSA) is 37.4 Å². The molecule has 2 aromatic heterocycles. The molecule has 30 heavy (non-hydrogen) atoms. The van der Waals surface area contributed by atoms with Crippen molar-refractivity contribution in [1.82, 2.24) is 15.2 Å². The molecule has 4 heterocycles. The normalized spacial score (nSPS) is 28.6. The van der Waals surface area contributed by atoms with Gasteiger partial charge in [-0.3, -0.25) is 9.88 Å². The Kier molecular flexibility index (Phi) is 5.98. The fourth-order valence-electron chi connectivity index (χ4n) is 6.15. The van der Waals surface area contributed by atoms with E-state index in [-0.39, 0.29) is 11.0 Å². The van der Waals surface area contributed by atoms with E-state index >= 15 is 0 Å². The number of ether oxygens (including phenoxy) is 1. The molecule has 2 fully saturated rings. The van der Waals surface area contributed by atoms with Gasteiger partial charge in [0.1, 0.15) is 0 Å². The van der Waals surface area contributed by atoms with E-state index in [1.54, 1.807) is 4.88 Å². The highest BCUT2D eigenvalue weighted by atomic mass is 32.1. The first kappa shape index (κ1) is 20.6. The van der Waals surface area contributed by atoms with Crippen molar-refractivity contribution in [3.8, 4) is 0 Å². The first-order chi connectivity index (χ1) is 14.7. The standard InChI is InChI=1S/C25H35N3OS/c1-28-15-7-22-20(8-17-30-22)21(28)18-26-14-11-24(23-6-2-5-13-27-23)12-16-29-25(19-24)9-3-4-10-25/h2,5-6,8,13,17,21,26H,3-4,7,9-12,14-16,18-19H2,1H3/t21?,24-/m1/s1. The van der Waals surface area contributed by atoms with Gasteiger partial charge in [-0.1, -0.05) is 18.9 Å². The average Bonchev–Trinajstić information content (AvgIpc) is 3.43. The lowest BCUT2D eigenvalue weighted by molar-refractivity contribution is -0.104. The second-order valence-corrected chi connectivity index (χ2v) is 10.7. The van der Waals surface area contributed by atoms with Gasteiger partial charge < -0.3 is 10.1 Å². The summed E-state index contributed by atoms with van der Waals surface area (Å²) in [7, 11) is 2.27. The molecule has 1 unspecified atom stereocenters. The van der Waals surface area contributed by atoms with E-state index in [0.29, 0.717) is 6.04 Å². The van der Waals surface area contributed by atoms with E-state index in [2.05, 4.69) is 40.8 Å². The number of nitrogens with one attached hydrogen (secondary N) is 1. The summed E-state index contributed by atoms with van der Waals surface area (Å²) in [5.74, 6) is 0. The quantitative estimate of drug-likeness (QED) is 0.680. The first-order valence-electron chi connectivity index (χ1n) is 11.7. The Balaban J connectivity index is 1.27. The maximum atomic E-state index is 6.40. The number of nitrogens with zero attached hydrogens (tertiary/aromatic N) is 2. The molecule has 0 bridgehead atoms. The number of thiophene rings is 1. The zero-order valence-corrected chi connectivity index (χ0v) is 19.1. The predicted octanol–water partition coefficient (Wildman–Crippen LogP) is 4.71. The fraction of sp³-hybridized carbons (Fsp3) is 0.640. The van der Waals surface area contributed by atoms with Crippen LogP contribution in [-0.4, -0.2) is 48.8 Å². The minimum atomic E-state index is 0.102. The second kappa shape index (κ2) is 8.70. The van der Waals surface area contributed by atoms with Crippen LogP contribution >= 0.6 is 11.3 Å². The second-order valence-electron chi connectivity index (χ2n) is 9.66. The van der Waals surface area contributed by atoms with Crippen molar-refractivity contribution in [2.24, 2.45) is 0 Å². The molecule has 0 radical (unpaired) electrons. The summed E-state index contributed by atoms with van der Waals surface area (Å²) in [6.45, 7) is 4.11. The van der Waals surface area contributed by atoms with Crippen LogP contribution in [0.25, 0.3) is 0 Å². The van der Waals surface area contributed by atoms with E-state index in [1.165, 1.54) is 43.4 Å². The predicted molar refractivity (Wildman–Crippen MR) is 123 cm³/mol. The maximum absolute atomic E-state index is 6.40. The van der Waals surface area contributed by atoms with Crippen LogP contribution in [0.3, 0.4) is 0 Å². The number of likely N-dealkylation sites (N-methyl/N-ethyl adjacent to an activating group) is 1. The molecule has 4 nitrogen and oxygen atoms in total. The minimum absolute atomic E-state index is 0.102. The molecule has 1 spiro atoms. The van der Waals surface area contributed by atoms with Gasteiger partial charge in [-0.05, 0) is 81.3 Å². The zero-order valence-electron chi connectivity index (χ0n) is 18.2.